The van der Waals surface area contributed by atoms with Gasteiger partial charge in [0.05, 0.1) is 5.69 Å². The Hall–Kier alpha value is -1.19. The molecule has 2 aromatic rings. The number of hydrogen-bond acceptors (Lipinski definition) is 2. The van der Waals surface area contributed by atoms with Crippen molar-refractivity contribution >= 4 is 29.1 Å². The normalized spacial score (nSPS) is 10.6. The van der Waals surface area contributed by atoms with Crippen LogP contribution in [0.3, 0.4) is 0 Å². The van der Waals surface area contributed by atoms with Gasteiger partial charge in [0.2, 0.25) is 0 Å². The van der Waals surface area contributed by atoms with E-state index in [0.717, 1.165) is 22.1 Å². The first-order chi connectivity index (χ1) is 8.65. The van der Waals surface area contributed by atoms with Crippen molar-refractivity contribution in [1.29, 1.82) is 0 Å². The molecule has 18 heavy (non-hydrogen) atoms. The number of halogens is 2. The van der Waals surface area contributed by atoms with Crippen molar-refractivity contribution in [3.05, 3.63) is 64.4 Å². The van der Waals surface area contributed by atoms with Gasteiger partial charge in [-0.15, -0.1) is 0 Å². The number of thioether (sulfide) groups is 1. The molecule has 2 N–H and O–H groups in total. The largest absolute Gasteiger partial charge is 0.396 e. The molecular weight excluding hydrogens is 269 g/mol. The van der Waals surface area contributed by atoms with E-state index in [2.05, 4.69) is 0 Å². The van der Waals surface area contributed by atoms with Crippen molar-refractivity contribution in [3.63, 3.8) is 0 Å². The summed E-state index contributed by atoms with van der Waals surface area (Å²) in [6, 6.07) is 12.7. The SMILES string of the molecule is Nc1ccc(CSCc2ccc(Cl)cc2)cc1F. The Morgan fingerprint density at radius 3 is 2.28 bits per heavy atom. The van der Waals surface area contributed by atoms with Gasteiger partial charge in [0, 0.05) is 16.5 Å². The third kappa shape index (κ3) is 3.65. The zero-order chi connectivity index (χ0) is 13.0. The Balaban J connectivity index is 1.88. The zero-order valence-electron chi connectivity index (χ0n) is 9.70. The molecular formula is C14H13ClFNS. The van der Waals surface area contributed by atoms with Crippen LogP contribution in [0.25, 0.3) is 0 Å². The highest BCUT2D eigenvalue weighted by Gasteiger charge is 2.01. The Morgan fingerprint density at radius 1 is 1.00 bits per heavy atom. The van der Waals surface area contributed by atoms with Crippen LogP contribution in [0, 0.1) is 5.82 Å². The smallest absolute Gasteiger partial charge is 0.146 e. The first-order valence-corrected chi connectivity index (χ1v) is 7.04. The van der Waals surface area contributed by atoms with E-state index in [-0.39, 0.29) is 11.5 Å². The second kappa shape index (κ2) is 6.12. The molecule has 0 aliphatic heterocycles. The highest BCUT2D eigenvalue weighted by Crippen LogP contribution is 2.21. The highest BCUT2D eigenvalue weighted by atomic mass is 35.5. The summed E-state index contributed by atoms with van der Waals surface area (Å²) in [7, 11) is 0. The topological polar surface area (TPSA) is 26.0 Å². The number of anilines is 1. The van der Waals surface area contributed by atoms with E-state index in [1.807, 2.05) is 30.3 Å². The first-order valence-electron chi connectivity index (χ1n) is 5.51. The van der Waals surface area contributed by atoms with E-state index in [9.17, 15) is 4.39 Å². The molecule has 0 fully saturated rings. The predicted octanol–water partition coefficient (Wildman–Crippen LogP) is 4.49. The van der Waals surface area contributed by atoms with Gasteiger partial charge in [-0.05, 0) is 35.4 Å². The molecule has 1 nitrogen and oxygen atoms in total. The minimum Gasteiger partial charge on any atom is -0.396 e. The van der Waals surface area contributed by atoms with Crippen LogP contribution >= 0.6 is 23.4 Å². The second-order valence-electron chi connectivity index (χ2n) is 3.98. The molecule has 2 aromatic carbocycles. The molecule has 0 aliphatic rings. The lowest BCUT2D eigenvalue weighted by Crippen LogP contribution is -1.92. The molecule has 0 aliphatic carbocycles. The Labute approximate surface area is 115 Å². The molecule has 0 amide bonds. The number of nitrogen functional groups attached to an aromatic ring is 1. The molecule has 0 spiro atoms. The van der Waals surface area contributed by atoms with Crippen LogP contribution in [0.4, 0.5) is 10.1 Å². The van der Waals surface area contributed by atoms with Gasteiger partial charge in [-0.3, -0.25) is 0 Å². The molecule has 4 heteroatoms. The maximum Gasteiger partial charge on any atom is 0.146 e. The van der Waals surface area contributed by atoms with Gasteiger partial charge in [0.1, 0.15) is 5.82 Å². The summed E-state index contributed by atoms with van der Waals surface area (Å²) in [4.78, 5) is 0. The minimum atomic E-state index is -0.348. The average Bonchev–Trinajstić information content (AvgIpc) is 2.36. The standard InChI is InChI=1S/C14H13ClFNS/c15-12-4-1-10(2-5-12)8-18-9-11-3-6-14(17)13(16)7-11/h1-7H,8-9,17H2. The Bertz CT molecular complexity index is 528. The first kappa shape index (κ1) is 13.2. The number of rotatable bonds is 4. The summed E-state index contributed by atoms with van der Waals surface area (Å²) in [5.74, 6) is 1.29. The molecule has 0 heterocycles. The zero-order valence-corrected chi connectivity index (χ0v) is 11.3. The van der Waals surface area contributed by atoms with E-state index >= 15 is 0 Å². The van der Waals surface area contributed by atoms with Gasteiger partial charge in [0.25, 0.3) is 0 Å². The summed E-state index contributed by atoms with van der Waals surface area (Å²) in [5.41, 5.74) is 7.78. The molecule has 0 radical (unpaired) electrons. The van der Waals surface area contributed by atoms with E-state index in [0.29, 0.717) is 0 Å². The van der Waals surface area contributed by atoms with Gasteiger partial charge in [0.15, 0.2) is 0 Å². The monoisotopic (exact) mass is 281 g/mol. The lowest BCUT2D eigenvalue weighted by Gasteiger charge is -2.04. The lowest BCUT2D eigenvalue weighted by molar-refractivity contribution is 0.631. The Kier molecular flexibility index (Phi) is 4.50. The highest BCUT2D eigenvalue weighted by molar-refractivity contribution is 7.97. The van der Waals surface area contributed by atoms with Crippen molar-refractivity contribution in [3.8, 4) is 0 Å². The van der Waals surface area contributed by atoms with Crippen LogP contribution < -0.4 is 5.73 Å². The fourth-order valence-corrected chi connectivity index (χ4v) is 2.60. The molecule has 0 saturated heterocycles. The molecule has 0 bridgehead atoms. The average molecular weight is 282 g/mol. The Morgan fingerprint density at radius 2 is 1.61 bits per heavy atom. The fourth-order valence-electron chi connectivity index (χ4n) is 1.53. The van der Waals surface area contributed by atoms with Crippen LogP contribution in [0.5, 0.6) is 0 Å². The summed E-state index contributed by atoms with van der Waals surface area (Å²) in [6.45, 7) is 0. The lowest BCUT2D eigenvalue weighted by atomic mass is 10.2. The van der Waals surface area contributed by atoms with Crippen molar-refractivity contribution in [2.24, 2.45) is 0 Å². The van der Waals surface area contributed by atoms with Crippen LogP contribution in [0.1, 0.15) is 11.1 Å². The number of nitrogens with two attached hydrogens (primary N) is 1. The summed E-state index contributed by atoms with van der Waals surface area (Å²) in [6.07, 6.45) is 0. The van der Waals surface area contributed by atoms with Gasteiger partial charge in [-0.2, -0.15) is 11.8 Å². The van der Waals surface area contributed by atoms with Crippen molar-refractivity contribution in [2.75, 3.05) is 5.73 Å². The quantitative estimate of drug-likeness (QED) is 0.836. The summed E-state index contributed by atoms with van der Waals surface area (Å²) >= 11 is 7.54. The molecule has 0 unspecified atom stereocenters. The molecule has 0 aromatic heterocycles. The molecule has 0 atom stereocenters. The van der Waals surface area contributed by atoms with Gasteiger partial charge < -0.3 is 5.73 Å². The number of hydrogen-bond donors (Lipinski definition) is 1. The maximum atomic E-state index is 13.2. The van der Waals surface area contributed by atoms with Crippen molar-refractivity contribution in [1.82, 2.24) is 0 Å². The number of benzene rings is 2. The van der Waals surface area contributed by atoms with Crippen LogP contribution in [0.15, 0.2) is 42.5 Å². The van der Waals surface area contributed by atoms with Crippen LogP contribution in [-0.4, -0.2) is 0 Å². The third-order valence-electron chi connectivity index (χ3n) is 2.52. The third-order valence-corrected chi connectivity index (χ3v) is 3.84. The van der Waals surface area contributed by atoms with E-state index in [1.165, 1.54) is 11.6 Å². The molecule has 2 rings (SSSR count). The van der Waals surface area contributed by atoms with Crippen molar-refractivity contribution < 1.29 is 4.39 Å². The second-order valence-corrected chi connectivity index (χ2v) is 5.40. The van der Waals surface area contributed by atoms with Gasteiger partial charge >= 0.3 is 0 Å². The molecule has 0 saturated carbocycles. The minimum absolute atomic E-state index is 0.196. The van der Waals surface area contributed by atoms with E-state index < -0.39 is 0 Å². The maximum absolute atomic E-state index is 13.2. The summed E-state index contributed by atoms with van der Waals surface area (Å²) < 4.78 is 13.2. The van der Waals surface area contributed by atoms with Crippen LogP contribution in [0.2, 0.25) is 5.02 Å². The molecule has 94 valence electrons. The predicted molar refractivity (Wildman–Crippen MR) is 77.3 cm³/mol. The van der Waals surface area contributed by atoms with E-state index in [4.69, 9.17) is 17.3 Å². The summed E-state index contributed by atoms with van der Waals surface area (Å²) in [5, 5.41) is 0.740. The van der Waals surface area contributed by atoms with E-state index in [1.54, 1.807) is 17.8 Å². The van der Waals surface area contributed by atoms with Gasteiger partial charge in [-0.25, -0.2) is 4.39 Å². The van der Waals surface area contributed by atoms with Gasteiger partial charge in [-0.1, -0.05) is 29.8 Å². The van der Waals surface area contributed by atoms with Crippen molar-refractivity contribution in [2.45, 2.75) is 11.5 Å². The fraction of sp³-hybridized carbons (Fsp3) is 0.143. The van der Waals surface area contributed by atoms with Crippen LogP contribution in [-0.2, 0) is 11.5 Å².